The zero-order valence-corrected chi connectivity index (χ0v) is 74.9. The molecule has 0 bridgehead atoms. The van der Waals surface area contributed by atoms with Gasteiger partial charge >= 0.3 is 0 Å². The van der Waals surface area contributed by atoms with Crippen molar-refractivity contribution in [2.45, 2.75) is 0 Å². The van der Waals surface area contributed by atoms with Crippen LogP contribution < -0.4 is 0 Å². The fourth-order valence-electron chi connectivity index (χ4n) is 4.51. The van der Waals surface area contributed by atoms with Crippen molar-refractivity contribution in [3.8, 4) is 0 Å². The number of thiocarbonyl (C=S) groups is 1. The Labute approximate surface area is 848 Å². The second-order valence-electron chi connectivity index (χ2n) is 18.3. The molecule has 596 valence electrons. The zero-order chi connectivity index (χ0) is 105. The van der Waals surface area contributed by atoms with Crippen molar-refractivity contribution in [3.63, 3.8) is 0 Å². The van der Waals surface area contributed by atoms with E-state index in [1.807, 2.05) is 0 Å². The molecule has 0 aromatic rings. The molecule has 148 heavy (non-hydrogen) atoms. The molecule has 1 heteroatoms. The molecule has 0 saturated carbocycles. The standard InChI is InChI=1S/C147H2S/c1-2-3-4-5-6-7-8-9-10-11-12-13-14-15-16-17-18-19-20-21-22-23-24-25-26-27-28-29-30-31-32-33-34-35-36-37-38-39-40-41-42-43-44-45-46-47-48-49-50-51-52-53-54-55-56-57-58-59-60-61-62-63-64-65-66-67-68-69-70-71-72-73-74-75-76-77-78-79-80-81-82-83-84-85-86-87-88-89-90-91-92-93-94-95-96-97-98-99-100-101-102-103-104-105-106-107-108-109-110-111-112-113-114-115-116-117-118-119-120-121-122-123-124-125-126-127-128-129-130-131-132-133-134-135-136-137-138-139-140-141-142-143-144-145-146-147-148/h1H2. The van der Waals surface area contributed by atoms with E-state index in [0.717, 1.165) is 0 Å². The largest absolute Gasteiger partial charge is 0.0687 e. The second-order valence-corrected chi connectivity index (χ2v) is 18.5. The van der Waals surface area contributed by atoms with Crippen LogP contribution in [0.1, 0.15) is 0 Å². The van der Waals surface area contributed by atoms with E-state index < -0.39 is 0 Å². The van der Waals surface area contributed by atoms with Crippen LogP contribution in [0.3, 0.4) is 0 Å². The molecule has 0 spiro atoms. The molecular weight excluding hydrogens is 1800 g/mol. The molecule has 0 fully saturated rings. The van der Waals surface area contributed by atoms with E-state index in [9.17, 15) is 0 Å². The van der Waals surface area contributed by atoms with Gasteiger partial charge in [-0.1, -0.05) is 5.73 Å². The lowest BCUT2D eigenvalue weighted by Crippen LogP contribution is -1.26. The molecule has 0 N–H and O–H groups in total. The minimum Gasteiger partial charge on any atom is -0.0687 e. The summed E-state index contributed by atoms with van der Waals surface area (Å²) in [5.41, 5.74) is 362. The highest BCUT2D eigenvalue weighted by Gasteiger charge is 1.56. The van der Waals surface area contributed by atoms with E-state index in [1.165, 1.54) is 0 Å². The first-order valence-electron chi connectivity index (χ1n) is 36.8. The predicted molar refractivity (Wildman–Crippen MR) is 528 cm³/mol. The molecule has 0 aromatic carbocycles. The van der Waals surface area contributed by atoms with Crippen LogP contribution >= 0.6 is 12.2 Å². The zero-order valence-electron chi connectivity index (χ0n) is 74.1. The molecule has 0 rings (SSSR count). The van der Waals surface area contributed by atoms with Gasteiger partial charge in [-0.05, 0) is 64.6 Å². The van der Waals surface area contributed by atoms with Crippen LogP contribution in [0.25, 0.3) is 0 Å². The predicted octanol–water partition coefficient (Wildman–Crippen LogP) is 23.3. The fraction of sp³-hybridized carbons (Fsp3) is 0. The highest BCUT2D eigenvalue weighted by atomic mass is 32.1. The van der Waals surface area contributed by atoms with Crippen LogP contribution in [-0.4, -0.2) is 5.02 Å². The summed E-state index contributed by atoms with van der Waals surface area (Å²) >= 11 is 4.41. The first-order chi connectivity index (χ1) is 73.9. The Balaban J connectivity index is 6.21. The van der Waals surface area contributed by atoms with Gasteiger partial charge in [0, 0.05) is 784 Å². The van der Waals surface area contributed by atoms with Gasteiger partial charge < -0.3 is 0 Å². The Hall–Kier alpha value is -32.0. The third-order valence-corrected chi connectivity index (χ3v) is 9.18. The summed E-state index contributed by atoms with van der Waals surface area (Å²) in [6.45, 7) is 3.32. The maximum absolute atomic E-state index is 4.41. The van der Waals surface area contributed by atoms with Gasteiger partial charge in [0.2, 0.25) is 0 Å². The SMILES string of the molecule is C=C=C=C=C=C=C=C=C=C=C=C=C=C=C=C=C=C=C=C=C=C=C=C=C=C=C=C=C=C=C=C=C=C=C=C=C=C=C=C=C=C=C=C=C=C=C=C=C=C=C=C=C=C=C=C=C=C=C=C=C=C=C=C=C=C=C=C=C=C=C=C=C=C=C=C=C=C=C=C=C=C=C=C=C=C=C=C=C=C=C=C=C=C=C=C=C=C=C=C=C=C=C=C=C=C=C=C=C=C=C=C=C=C=C=C=C=C=C=C=C=C=C=C=C=C=C=C=C=C=C=C=C=C=C=C=C=C=C=C=C=C=C=C=C=C=C=S. The Morgan fingerprint density at radius 2 is 0.0878 bits per heavy atom. The maximum atomic E-state index is 4.41. The van der Waals surface area contributed by atoms with Crippen molar-refractivity contribution in [2.75, 3.05) is 0 Å². The van der Waals surface area contributed by atoms with Gasteiger partial charge in [-0.3, -0.25) is 0 Å². The molecular formula is C147H2S. The summed E-state index contributed by atoms with van der Waals surface area (Å²) < 4.78 is 0. The van der Waals surface area contributed by atoms with Gasteiger partial charge in [-0.2, -0.15) is 0 Å². The van der Waals surface area contributed by atoms with Crippen LogP contribution in [0.4, 0.5) is 0 Å². The maximum Gasteiger partial charge on any atom is 0.0148 e. The van der Waals surface area contributed by atoms with Gasteiger partial charge in [0.25, 0.3) is 0 Å². The summed E-state index contributed by atoms with van der Waals surface area (Å²) in [6, 6.07) is 0. The normalized spacial score (nSPS) is 3.97. The van der Waals surface area contributed by atoms with Crippen molar-refractivity contribution < 1.29 is 0 Å². The summed E-state index contributed by atoms with van der Waals surface area (Å²) in [5.74, 6) is 0. The number of hydrogen-bond acceptors (Lipinski definition) is 1. The molecule has 0 aromatic heterocycles. The number of rotatable bonds is 0. The van der Waals surface area contributed by atoms with Gasteiger partial charge in [0.15, 0.2) is 0 Å². The Morgan fingerprint density at radius 3 is 0.122 bits per heavy atom. The molecule has 0 aliphatic carbocycles. The molecule has 0 atom stereocenters. The molecule has 0 saturated heterocycles. The summed E-state index contributed by atoms with van der Waals surface area (Å²) in [7, 11) is 0. The lowest BCUT2D eigenvalue weighted by molar-refractivity contribution is 2.10. The molecule has 0 aliphatic rings. The Kier molecular flexibility index (Phi) is 90.1. The van der Waals surface area contributed by atoms with Gasteiger partial charge in [0.05, 0.1) is 0 Å². The van der Waals surface area contributed by atoms with E-state index in [0.29, 0.717) is 0 Å². The first kappa shape index (κ1) is 116. The van der Waals surface area contributed by atoms with E-state index in [4.69, 9.17) is 0 Å². The molecule has 0 radical (unpaired) electrons. The Morgan fingerprint density at radius 1 is 0.0541 bits per heavy atom. The van der Waals surface area contributed by atoms with Crippen LogP contribution in [0, 0.1) is 0 Å². The Bertz CT molecular complexity index is 10900. The summed E-state index contributed by atoms with van der Waals surface area (Å²) in [6.07, 6.45) is 0. The fourth-order valence-corrected chi connectivity index (χ4v) is 4.56. The van der Waals surface area contributed by atoms with Crippen LogP contribution in [0.15, 0.2) is 838 Å². The van der Waals surface area contributed by atoms with Crippen LogP contribution in [0.5, 0.6) is 0 Å². The third kappa shape index (κ3) is 114. The van der Waals surface area contributed by atoms with Crippen LogP contribution in [0.2, 0.25) is 0 Å². The van der Waals surface area contributed by atoms with Gasteiger partial charge in [-0.25, -0.2) is 0 Å². The molecule has 0 unspecified atom stereocenters. The van der Waals surface area contributed by atoms with Crippen molar-refractivity contribution in [1.29, 1.82) is 0 Å². The van der Waals surface area contributed by atoms with E-state index in [1.54, 1.807) is 0 Å². The number of hydrogen-bond donors (Lipinski definition) is 0. The van der Waals surface area contributed by atoms with E-state index in [-0.39, 0.29) is 0 Å². The quantitative estimate of drug-likeness (QED) is 0.172. The lowest BCUT2D eigenvalue weighted by Gasteiger charge is -1.41. The van der Waals surface area contributed by atoms with Crippen molar-refractivity contribution in [2.24, 2.45) is 0 Å². The molecule has 0 amide bonds. The van der Waals surface area contributed by atoms with Crippen molar-refractivity contribution in [3.05, 3.63) is 838 Å². The minimum absolute atomic E-state index is 2.21. The molecule has 0 aliphatic heterocycles. The average molecular weight is 1800 g/mol. The topological polar surface area (TPSA) is 0 Å². The van der Waals surface area contributed by atoms with E-state index >= 15 is 0 Å². The first-order valence-corrected chi connectivity index (χ1v) is 37.2. The average Bonchev–Trinajstić information content (AvgIpc) is 1.10. The van der Waals surface area contributed by atoms with Crippen LogP contribution in [-0.2, 0) is 0 Å². The minimum atomic E-state index is 2.21. The third-order valence-electron chi connectivity index (χ3n) is 9.08. The smallest absolute Gasteiger partial charge is 0.0148 e. The molecule has 0 heterocycles. The monoisotopic (exact) mass is 1800 g/mol. The van der Waals surface area contributed by atoms with Crippen molar-refractivity contribution >= 4 is 17.2 Å². The van der Waals surface area contributed by atoms with Crippen molar-refractivity contribution in [1.82, 2.24) is 0 Å². The van der Waals surface area contributed by atoms with Gasteiger partial charge in [-0.15, -0.1) is 0 Å². The highest BCUT2D eigenvalue weighted by Crippen LogP contribution is 1.71. The van der Waals surface area contributed by atoms with E-state index in [2.05, 4.69) is 855 Å². The van der Waals surface area contributed by atoms with Gasteiger partial charge in [0.1, 0.15) is 0 Å². The highest BCUT2D eigenvalue weighted by molar-refractivity contribution is 7.78. The lowest BCUT2D eigenvalue weighted by atomic mass is 10.6. The summed E-state index contributed by atoms with van der Waals surface area (Å²) in [4.78, 5) is 0. The summed E-state index contributed by atoms with van der Waals surface area (Å²) in [5, 5.41) is 2.21. The molecule has 0 nitrogen and oxygen atoms in total. The second kappa shape index (κ2) is 115.